The van der Waals surface area contributed by atoms with Gasteiger partial charge in [-0.25, -0.2) is 4.98 Å². The average molecular weight is 264 g/mol. The van der Waals surface area contributed by atoms with E-state index in [0.29, 0.717) is 12.4 Å². The highest BCUT2D eigenvalue weighted by Gasteiger charge is 2.27. The molecule has 0 aromatic carbocycles. The van der Waals surface area contributed by atoms with Gasteiger partial charge in [0.15, 0.2) is 0 Å². The fourth-order valence-electron chi connectivity index (χ4n) is 2.64. The molecule has 1 aliphatic rings. The molecule has 4 nitrogen and oxygen atoms in total. The molecule has 1 saturated carbocycles. The van der Waals surface area contributed by atoms with E-state index in [1.165, 1.54) is 12.8 Å². The van der Waals surface area contributed by atoms with Crippen LogP contribution in [0.15, 0.2) is 18.3 Å². The van der Waals surface area contributed by atoms with E-state index in [1.807, 2.05) is 18.3 Å². The second-order valence-corrected chi connectivity index (χ2v) is 5.45. The maximum atomic E-state index is 10.5. The quantitative estimate of drug-likeness (QED) is 0.801. The SMILES string of the molecule is COc1ccc(CNCC2(O)CCCCCC2)cn1. The van der Waals surface area contributed by atoms with Crippen molar-refractivity contribution < 1.29 is 9.84 Å². The van der Waals surface area contributed by atoms with Gasteiger partial charge in [-0.05, 0) is 18.4 Å². The van der Waals surface area contributed by atoms with Crippen LogP contribution in [0.1, 0.15) is 44.1 Å². The van der Waals surface area contributed by atoms with Crippen molar-refractivity contribution in [1.29, 1.82) is 0 Å². The molecule has 1 aromatic rings. The zero-order valence-corrected chi connectivity index (χ0v) is 11.7. The molecule has 2 N–H and O–H groups in total. The Bertz CT molecular complexity index is 370. The molecule has 2 rings (SSSR count). The third-order valence-corrected chi connectivity index (χ3v) is 3.82. The molecule has 0 amide bonds. The summed E-state index contributed by atoms with van der Waals surface area (Å²) in [6, 6.07) is 3.85. The lowest BCUT2D eigenvalue weighted by Crippen LogP contribution is -2.39. The van der Waals surface area contributed by atoms with Gasteiger partial charge in [0.05, 0.1) is 12.7 Å². The van der Waals surface area contributed by atoms with Gasteiger partial charge in [0.1, 0.15) is 0 Å². The second-order valence-electron chi connectivity index (χ2n) is 5.45. The summed E-state index contributed by atoms with van der Waals surface area (Å²) >= 11 is 0. The minimum Gasteiger partial charge on any atom is -0.481 e. The summed E-state index contributed by atoms with van der Waals surface area (Å²) in [6.45, 7) is 1.40. The number of hydrogen-bond donors (Lipinski definition) is 2. The van der Waals surface area contributed by atoms with Gasteiger partial charge in [-0.15, -0.1) is 0 Å². The van der Waals surface area contributed by atoms with Crippen molar-refractivity contribution in [2.75, 3.05) is 13.7 Å². The van der Waals surface area contributed by atoms with Gasteiger partial charge in [-0.3, -0.25) is 0 Å². The molecule has 1 heterocycles. The highest BCUT2D eigenvalue weighted by Crippen LogP contribution is 2.26. The van der Waals surface area contributed by atoms with E-state index in [0.717, 1.165) is 37.8 Å². The second kappa shape index (κ2) is 6.87. The van der Waals surface area contributed by atoms with Gasteiger partial charge in [0.2, 0.25) is 5.88 Å². The minimum atomic E-state index is -0.517. The Balaban J connectivity index is 1.78. The highest BCUT2D eigenvalue weighted by molar-refractivity contribution is 5.17. The Kier molecular flexibility index (Phi) is 5.16. The highest BCUT2D eigenvalue weighted by atomic mass is 16.5. The Labute approximate surface area is 115 Å². The summed E-state index contributed by atoms with van der Waals surface area (Å²) in [6.07, 6.45) is 8.44. The van der Waals surface area contributed by atoms with Crippen molar-refractivity contribution in [3.05, 3.63) is 23.9 Å². The summed E-state index contributed by atoms with van der Waals surface area (Å²) in [5, 5.41) is 13.9. The molecule has 4 heteroatoms. The fraction of sp³-hybridized carbons (Fsp3) is 0.667. The van der Waals surface area contributed by atoms with Gasteiger partial charge >= 0.3 is 0 Å². The van der Waals surface area contributed by atoms with Crippen LogP contribution in [-0.4, -0.2) is 29.3 Å². The zero-order chi connectivity index (χ0) is 13.6. The first-order valence-electron chi connectivity index (χ1n) is 7.14. The number of nitrogens with zero attached hydrogens (tertiary/aromatic N) is 1. The van der Waals surface area contributed by atoms with Crippen molar-refractivity contribution in [3.8, 4) is 5.88 Å². The average Bonchev–Trinajstić information content (AvgIpc) is 2.65. The topological polar surface area (TPSA) is 54.4 Å². The predicted molar refractivity (Wildman–Crippen MR) is 75.1 cm³/mol. The van der Waals surface area contributed by atoms with E-state index >= 15 is 0 Å². The van der Waals surface area contributed by atoms with E-state index in [2.05, 4.69) is 10.3 Å². The van der Waals surface area contributed by atoms with Crippen molar-refractivity contribution in [3.63, 3.8) is 0 Å². The van der Waals surface area contributed by atoms with E-state index in [4.69, 9.17) is 4.74 Å². The van der Waals surface area contributed by atoms with Crippen LogP contribution < -0.4 is 10.1 Å². The number of pyridine rings is 1. The molecular weight excluding hydrogens is 240 g/mol. The molecule has 0 unspecified atom stereocenters. The number of nitrogens with one attached hydrogen (secondary N) is 1. The van der Waals surface area contributed by atoms with Crippen molar-refractivity contribution >= 4 is 0 Å². The van der Waals surface area contributed by atoms with Crippen LogP contribution in [0.3, 0.4) is 0 Å². The Morgan fingerprint density at radius 1 is 1.26 bits per heavy atom. The van der Waals surface area contributed by atoms with Crippen LogP contribution in [0.25, 0.3) is 0 Å². The predicted octanol–water partition coefficient (Wildman–Crippen LogP) is 2.27. The van der Waals surface area contributed by atoms with Gasteiger partial charge in [0, 0.05) is 25.4 Å². The lowest BCUT2D eigenvalue weighted by atomic mass is 9.94. The maximum Gasteiger partial charge on any atom is 0.212 e. The minimum absolute atomic E-state index is 0.517. The Morgan fingerprint density at radius 2 is 2.00 bits per heavy atom. The Hall–Kier alpha value is -1.13. The van der Waals surface area contributed by atoms with Crippen molar-refractivity contribution in [2.24, 2.45) is 0 Å². The molecular formula is C15H24N2O2. The summed E-state index contributed by atoms with van der Waals surface area (Å²) in [5.41, 5.74) is 0.592. The standard InChI is InChI=1S/C15H24N2O2/c1-19-14-7-6-13(11-17-14)10-16-12-15(18)8-4-2-3-5-9-15/h6-7,11,16,18H,2-5,8-10,12H2,1H3. The third-order valence-electron chi connectivity index (χ3n) is 3.82. The number of methoxy groups -OCH3 is 1. The Morgan fingerprint density at radius 3 is 2.58 bits per heavy atom. The van der Waals surface area contributed by atoms with Gasteiger partial charge in [0.25, 0.3) is 0 Å². The van der Waals surface area contributed by atoms with Crippen LogP contribution in [0.2, 0.25) is 0 Å². The first-order chi connectivity index (χ1) is 9.22. The summed E-state index contributed by atoms with van der Waals surface area (Å²) in [7, 11) is 1.61. The molecule has 1 aromatic heterocycles. The number of aliphatic hydroxyl groups is 1. The molecule has 0 atom stereocenters. The van der Waals surface area contributed by atoms with Gasteiger partial charge in [-0.2, -0.15) is 0 Å². The fourth-order valence-corrected chi connectivity index (χ4v) is 2.64. The van der Waals surface area contributed by atoms with Crippen molar-refractivity contribution in [1.82, 2.24) is 10.3 Å². The number of rotatable bonds is 5. The molecule has 106 valence electrons. The first-order valence-corrected chi connectivity index (χ1v) is 7.14. The number of aromatic nitrogens is 1. The van der Waals surface area contributed by atoms with E-state index in [1.54, 1.807) is 7.11 Å². The zero-order valence-electron chi connectivity index (χ0n) is 11.7. The summed E-state index contributed by atoms with van der Waals surface area (Å²) in [5.74, 6) is 0.631. The molecule has 1 fully saturated rings. The number of ether oxygens (including phenoxy) is 1. The molecule has 0 radical (unpaired) electrons. The van der Waals surface area contributed by atoms with E-state index in [-0.39, 0.29) is 0 Å². The molecule has 0 saturated heterocycles. The summed E-state index contributed by atoms with van der Waals surface area (Å²) < 4.78 is 5.03. The normalized spacial score (nSPS) is 18.8. The van der Waals surface area contributed by atoms with Gasteiger partial charge < -0.3 is 15.2 Å². The van der Waals surface area contributed by atoms with Crippen LogP contribution in [0.4, 0.5) is 0 Å². The largest absolute Gasteiger partial charge is 0.481 e. The lowest BCUT2D eigenvalue weighted by Gasteiger charge is -2.27. The first kappa shape index (κ1) is 14.3. The van der Waals surface area contributed by atoms with Crippen LogP contribution in [0, 0.1) is 0 Å². The van der Waals surface area contributed by atoms with Crippen LogP contribution in [0.5, 0.6) is 5.88 Å². The molecule has 0 bridgehead atoms. The molecule has 19 heavy (non-hydrogen) atoms. The lowest BCUT2D eigenvalue weighted by molar-refractivity contribution is 0.0250. The van der Waals surface area contributed by atoms with Crippen LogP contribution in [-0.2, 0) is 6.54 Å². The maximum absolute atomic E-state index is 10.5. The van der Waals surface area contributed by atoms with E-state index < -0.39 is 5.60 Å². The van der Waals surface area contributed by atoms with E-state index in [9.17, 15) is 5.11 Å². The number of hydrogen-bond acceptors (Lipinski definition) is 4. The van der Waals surface area contributed by atoms with Gasteiger partial charge in [-0.1, -0.05) is 31.7 Å². The smallest absolute Gasteiger partial charge is 0.212 e. The van der Waals surface area contributed by atoms with Crippen molar-refractivity contribution in [2.45, 2.75) is 50.7 Å². The molecule has 1 aliphatic carbocycles. The molecule has 0 spiro atoms. The molecule has 0 aliphatic heterocycles. The third kappa shape index (κ3) is 4.48. The summed E-state index contributed by atoms with van der Waals surface area (Å²) in [4.78, 5) is 4.17. The van der Waals surface area contributed by atoms with Crippen LogP contribution >= 0.6 is 0 Å². The monoisotopic (exact) mass is 264 g/mol.